The molecule has 138 valence electrons. The van der Waals surface area contributed by atoms with E-state index in [9.17, 15) is 9.59 Å². The maximum atomic E-state index is 12.3. The Bertz CT molecular complexity index is 585. The summed E-state index contributed by atoms with van der Waals surface area (Å²) in [4.78, 5) is 26.3. The maximum Gasteiger partial charge on any atom is 0.223 e. The summed E-state index contributed by atoms with van der Waals surface area (Å²) < 4.78 is 0. The van der Waals surface area contributed by atoms with E-state index in [4.69, 9.17) is 11.6 Å². The average Bonchev–Trinajstić information content (AvgIpc) is 2.53. The Balaban J connectivity index is 1.69. The summed E-state index contributed by atoms with van der Waals surface area (Å²) in [6, 6.07) is 7.78. The van der Waals surface area contributed by atoms with E-state index < -0.39 is 0 Å². The predicted octanol–water partition coefficient (Wildman–Crippen LogP) is 3.82. The highest BCUT2D eigenvalue weighted by atomic mass is 35.5. The van der Waals surface area contributed by atoms with Crippen molar-refractivity contribution in [2.75, 3.05) is 13.1 Å². The summed E-state index contributed by atoms with van der Waals surface area (Å²) in [6.07, 6.45) is 3.44. The van der Waals surface area contributed by atoms with Crippen LogP contribution in [0.25, 0.3) is 0 Å². The van der Waals surface area contributed by atoms with Gasteiger partial charge in [-0.25, -0.2) is 0 Å². The molecule has 0 aliphatic carbocycles. The fourth-order valence-electron chi connectivity index (χ4n) is 3.05. The van der Waals surface area contributed by atoms with Crippen LogP contribution in [0.1, 0.15) is 52.0 Å². The van der Waals surface area contributed by atoms with Crippen LogP contribution in [-0.4, -0.2) is 35.8 Å². The van der Waals surface area contributed by atoms with E-state index in [2.05, 4.69) is 26.1 Å². The number of piperidine rings is 1. The molecule has 1 aliphatic rings. The summed E-state index contributed by atoms with van der Waals surface area (Å²) in [5, 5.41) is 3.81. The summed E-state index contributed by atoms with van der Waals surface area (Å²) in [5.74, 6) is 0.300. The van der Waals surface area contributed by atoms with Crippen LogP contribution in [-0.2, 0) is 16.0 Å². The van der Waals surface area contributed by atoms with Gasteiger partial charge in [-0.05, 0) is 42.4 Å². The zero-order chi connectivity index (χ0) is 18.4. The van der Waals surface area contributed by atoms with Gasteiger partial charge in [-0.15, -0.1) is 0 Å². The van der Waals surface area contributed by atoms with E-state index in [-0.39, 0.29) is 23.3 Å². The zero-order valence-corrected chi connectivity index (χ0v) is 16.2. The van der Waals surface area contributed by atoms with Gasteiger partial charge in [0, 0.05) is 37.0 Å². The molecule has 5 heteroatoms. The highest BCUT2D eigenvalue weighted by molar-refractivity contribution is 6.30. The Kier molecular flexibility index (Phi) is 6.88. The number of likely N-dealkylation sites (tertiary alicyclic amines) is 1. The van der Waals surface area contributed by atoms with Crippen molar-refractivity contribution in [1.82, 2.24) is 10.2 Å². The average molecular weight is 365 g/mol. The predicted molar refractivity (Wildman–Crippen MR) is 102 cm³/mol. The number of halogens is 1. The van der Waals surface area contributed by atoms with Crippen molar-refractivity contribution in [1.29, 1.82) is 0 Å². The number of nitrogens with zero attached hydrogens (tertiary/aromatic N) is 1. The Hall–Kier alpha value is -1.55. The van der Waals surface area contributed by atoms with Crippen LogP contribution in [0, 0.1) is 5.41 Å². The van der Waals surface area contributed by atoms with Crippen LogP contribution in [0.15, 0.2) is 24.3 Å². The lowest BCUT2D eigenvalue weighted by Crippen LogP contribution is -2.47. The molecule has 1 fully saturated rings. The second-order valence-corrected chi connectivity index (χ2v) is 8.52. The molecule has 1 N–H and O–H groups in total. The number of rotatable bonds is 5. The molecule has 1 saturated heterocycles. The van der Waals surface area contributed by atoms with Gasteiger partial charge in [0.15, 0.2) is 0 Å². The minimum absolute atomic E-state index is 0.0177. The standard InChI is InChI=1S/C20H29ClN2O2/c1-20(2,3)14-19(25)23-12-10-17(11-13-23)22-18(24)9-6-15-4-7-16(21)8-5-15/h4-5,7-8,17H,6,9-14H2,1-3H3,(H,22,24). The van der Waals surface area contributed by atoms with E-state index in [0.29, 0.717) is 24.3 Å². The van der Waals surface area contributed by atoms with Crippen LogP contribution >= 0.6 is 11.6 Å². The summed E-state index contributed by atoms with van der Waals surface area (Å²) in [7, 11) is 0. The second-order valence-electron chi connectivity index (χ2n) is 8.09. The van der Waals surface area contributed by atoms with Crippen molar-refractivity contribution in [2.24, 2.45) is 5.41 Å². The molecule has 0 atom stereocenters. The Morgan fingerprint density at radius 2 is 1.76 bits per heavy atom. The normalized spacial score (nSPS) is 15.9. The number of carbonyl (C=O) groups excluding carboxylic acids is 2. The van der Waals surface area contributed by atoms with Gasteiger partial charge in [0.2, 0.25) is 11.8 Å². The third-order valence-corrected chi connectivity index (χ3v) is 4.70. The van der Waals surface area contributed by atoms with Crippen LogP contribution < -0.4 is 5.32 Å². The van der Waals surface area contributed by atoms with Gasteiger partial charge >= 0.3 is 0 Å². The SMILES string of the molecule is CC(C)(C)CC(=O)N1CCC(NC(=O)CCc2ccc(Cl)cc2)CC1. The first-order chi connectivity index (χ1) is 11.7. The highest BCUT2D eigenvalue weighted by Crippen LogP contribution is 2.21. The van der Waals surface area contributed by atoms with Gasteiger partial charge in [-0.2, -0.15) is 0 Å². The molecule has 0 saturated carbocycles. The lowest BCUT2D eigenvalue weighted by atomic mass is 9.91. The van der Waals surface area contributed by atoms with Crippen molar-refractivity contribution >= 4 is 23.4 Å². The lowest BCUT2D eigenvalue weighted by Gasteiger charge is -2.34. The van der Waals surface area contributed by atoms with Crippen LogP contribution in [0.2, 0.25) is 5.02 Å². The summed E-state index contributed by atoms with van der Waals surface area (Å²) in [6.45, 7) is 7.71. The molecule has 1 aromatic carbocycles. The molecular formula is C20H29ClN2O2. The zero-order valence-electron chi connectivity index (χ0n) is 15.5. The fraction of sp³-hybridized carbons (Fsp3) is 0.600. The van der Waals surface area contributed by atoms with Crippen LogP contribution in [0.5, 0.6) is 0 Å². The third-order valence-electron chi connectivity index (χ3n) is 4.45. The molecule has 1 heterocycles. The number of hydrogen-bond acceptors (Lipinski definition) is 2. The molecular weight excluding hydrogens is 336 g/mol. The van der Waals surface area contributed by atoms with Crippen molar-refractivity contribution in [3.8, 4) is 0 Å². The van der Waals surface area contributed by atoms with Gasteiger partial charge in [-0.3, -0.25) is 9.59 Å². The molecule has 1 aliphatic heterocycles. The van der Waals surface area contributed by atoms with Crippen LogP contribution in [0.4, 0.5) is 0 Å². The number of carbonyl (C=O) groups is 2. The van der Waals surface area contributed by atoms with E-state index in [0.717, 1.165) is 31.5 Å². The number of aryl methyl sites for hydroxylation is 1. The first-order valence-corrected chi connectivity index (χ1v) is 9.42. The number of nitrogens with one attached hydrogen (secondary N) is 1. The van der Waals surface area contributed by atoms with Crippen molar-refractivity contribution in [3.63, 3.8) is 0 Å². The van der Waals surface area contributed by atoms with Crippen molar-refractivity contribution in [3.05, 3.63) is 34.9 Å². The fourth-order valence-corrected chi connectivity index (χ4v) is 3.17. The Morgan fingerprint density at radius 1 is 1.16 bits per heavy atom. The first-order valence-electron chi connectivity index (χ1n) is 9.04. The Labute approximate surface area is 155 Å². The molecule has 2 rings (SSSR count). The topological polar surface area (TPSA) is 49.4 Å². The molecule has 0 spiro atoms. The second kappa shape index (κ2) is 8.70. The largest absolute Gasteiger partial charge is 0.353 e. The Morgan fingerprint density at radius 3 is 2.32 bits per heavy atom. The summed E-state index contributed by atoms with van der Waals surface area (Å²) >= 11 is 5.87. The van der Waals surface area contributed by atoms with E-state index in [1.165, 1.54) is 0 Å². The minimum atomic E-state index is 0.0177. The monoisotopic (exact) mass is 364 g/mol. The third kappa shape index (κ3) is 7.07. The molecule has 0 unspecified atom stereocenters. The van der Waals surface area contributed by atoms with Crippen molar-refractivity contribution < 1.29 is 9.59 Å². The van der Waals surface area contributed by atoms with Gasteiger partial charge in [0.1, 0.15) is 0 Å². The van der Waals surface area contributed by atoms with E-state index in [1.807, 2.05) is 29.2 Å². The summed E-state index contributed by atoms with van der Waals surface area (Å²) in [5.41, 5.74) is 1.13. The van der Waals surface area contributed by atoms with Gasteiger partial charge < -0.3 is 10.2 Å². The molecule has 25 heavy (non-hydrogen) atoms. The first kappa shape index (κ1) is 19.8. The quantitative estimate of drug-likeness (QED) is 0.863. The van der Waals surface area contributed by atoms with E-state index >= 15 is 0 Å². The van der Waals surface area contributed by atoms with Gasteiger partial charge in [0.05, 0.1) is 0 Å². The molecule has 0 radical (unpaired) electrons. The number of amides is 2. The highest BCUT2D eigenvalue weighted by Gasteiger charge is 2.26. The minimum Gasteiger partial charge on any atom is -0.353 e. The molecule has 0 bridgehead atoms. The maximum absolute atomic E-state index is 12.3. The van der Waals surface area contributed by atoms with Crippen LogP contribution in [0.3, 0.4) is 0 Å². The van der Waals surface area contributed by atoms with Gasteiger partial charge in [-0.1, -0.05) is 44.5 Å². The molecule has 4 nitrogen and oxygen atoms in total. The number of hydrogen-bond donors (Lipinski definition) is 1. The van der Waals surface area contributed by atoms with Crippen molar-refractivity contribution in [2.45, 2.75) is 58.9 Å². The lowest BCUT2D eigenvalue weighted by molar-refractivity contribution is -0.134. The smallest absolute Gasteiger partial charge is 0.223 e. The number of benzene rings is 1. The van der Waals surface area contributed by atoms with E-state index in [1.54, 1.807) is 0 Å². The molecule has 2 amide bonds. The molecule has 1 aromatic rings. The molecule has 0 aromatic heterocycles. The van der Waals surface area contributed by atoms with Gasteiger partial charge in [0.25, 0.3) is 0 Å².